The Labute approximate surface area is 149 Å². The highest BCUT2D eigenvalue weighted by Gasteiger charge is 2.17. The molecule has 0 spiro atoms. The molecule has 3 rings (SSSR count). The lowest BCUT2D eigenvalue weighted by molar-refractivity contribution is 0.250. The highest BCUT2D eigenvalue weighted by Crippen LogP contribution is 2.17. The van der Waals surface area contributed by atoms with Crippen LogP contribution in [0.15, 0.2) is 54.6 Å². The van der Waals surface area contributed by atoms with Crippen LogP contribution in [-0.4, -0.2) is 43.7 Å². The van der Waals surface area contributed by atoms with Crippen molar-refractivity contribution in [3.05, 3.63) is 60.2 Å². The number of nitrogens with zero attached hydrogens (tertiary/aromatic N) is 2. The molecule has 0 atom stereocenters. The Morgan fingerprint density at radius 3 is 2.28 bits per heavy atom. The summed E-state index contributed by atoms with van der Waals surface area (Å²) in [5.41, 5.74) is 3.40. The van der Waals surface area contributed by atoms with Gasteiger partial charge in [-0.05, 0) is 36.8 Å². The van der Waals surface area contributed by atoms with Crippen molar-refractivity contribution in [3.8, 4) is 0 Å². The van der Waals surface area contributed by atoms with Gasteiger partial charge in [0.25, 0.3) is 0 Å². The summed E-state index contributed by atoms with van der Waals surface area (Å²) < 4.78 is 0. The molecule has 25 heavy (non-hydrogen) atoms. The first-order valence-electron chi connectivity index (χ1n) is 8.91. The summed E-state index contributed by atoms with van der Waals surface area (Å²) >= 11 is 0. The molecule has 1 heterocycles. The number of piperazine rings is 1. The van der Waals surface area contributed by atoms with Gasteiger partial charge in [-0.2, -0.15) is 0 Å². The molecule has 1 aliphatic heterocycles. The molecular weight excluding hydrogens is 312 g/mol. The number of carbonyl (C=O) groups excluding carboxylic acids is 1. The zero-order chi connectivity index (χ0) is 17.5. The van der Waals surface area contributed by atoms with E-state index in [1.54, 1.807) is 0 Å². The minimum Gasteiger partial charge on any atom is -0.369 e. The number of para-hydroxylation sites is 1. The molecule has 0 aromatic heterocycles. The van der Waals surface area contributed by atoms with Gasteiger partial charge in [0.2, 0.25) is 0 Å². The van der Waals surface area contributed by atoms with Crippen LogP contribution in [-0.2, 0) is 6.54 Å². The van der Waals surface area contributed by atoms with Crippen LogP contribution < -0.4 is 15.5 Å². The molecule has 2 aromatic rings. The van der Waals surface area contributed by atoms with Crippen molar-refractivity contribution in [2.75, 3.05) is 42.9 Å². The van der Waals surface area contributed by atoms with Gasteiger partial charge in [-0.3, -0.25) is 4.90 Å². The molecule has 2 N–H and O–H groups in total. The lowest BCUT2D eigenvalue weighted by Gasteiger charge is -2.36. The maximum Gasteiger partial charge on any atom is 0.319 e. The predicted octanol–water partition coefficient (Wildman–Crippen LogP) is 3.15. The molecule has 2 amide bonds. The van der Waals surface area contributed by atoms with Crippen molar-refractivity contribution < 1.29 is 4.79 Å². The second-order valence-corrected chi connectivity index (χ2v) is 6.28. The highest BCUT2D eigenvalue weighted by molar-refractivity contribution is 5.89. The van der Waals surface area contributed by atoms with Crippen molar-refractivity contribution in [2.45, 2.75) is 13.5 Å². The summed E-state index contributed by atoms with van der Waals surface area (Å²) in [6, 6.07) is 18.5. The summed E-state index contributed by atoms with van der Waals surface area (Å²) in [6.45, 7) is 7.71. The van der Waals surface area contributed by atoms with Gasteiger partial charge in [-0.25, -0.2) is 4.79 Å². The zero-order valence-corrected chi connectivity index (χ0v) is 14.7. The number of hydrogen-bond donors (Lipinski definition) is 2. The van der Waals surface area contributed by atoms with Crippen LogP contribution in [0.1, 0.15) is 12.5 Å². The summed E-state index contributed by atoms with van der Waals surface area (Å²) in [4.78, 5) is 16.4. The highest BCUT2D eigenvalue weighted by atomic mass is 16.2. The van der Waals surface area contributed by atoms with Gasteiger partial charge in [0.1, 0.15) is 0 Å². The number of anilines is 2. The summed E-state index contributed by atoms with van der Waals surface area (Å²) in [5, 5.41) is 5.56. The fraction of sp³-hybridized carbons (Fsp3) is 0.350. The lowest BCUT2D eigenvalue weighted by atomic mass is 10.1. The molecule has 1 saturated heterocycles. The third-order valence-electron chi connectivity index (χ3n) is 4.45. The van der Waals surface area contributed by atoms with E-state index in [0.29, 0.717) is 6.54 Å². The largest absolute Gasteiger partial charge is 0.369 e. The second-order valence-electron chi connectivity index (χ2n) is 6.28. The van der Waals surface area contributed by atoms with E-state index >= 15 is 0 Å². The standard InChI is InChI=1S/C20H26N4O/c1-2-21-20(25)22-18-10-8-17(9-11-18)16-23-12-14-24(15-13-23)19-6-4-3-5-7-19/h3-11H,2,12-16H2,1H3,(H2,21,22,25). The number of rotatable bonds is 5. The normalized spacial score (nSPS) is 15.0. The molecule has 2 aromatic carbocycles. The molecule has 0 radical (unpaired) electrons. The molecule has 1 fully saturated rings. The van der Waals surface area contributed by atoms with Crippen LogP contribution >= 0.6 is 0 Å². The van der Waals surface area contributed by atoms with Crippen LogP contribution in [0.4, 0.5) is 16.2 Å². The number of nitrogens with one attached hydrogen (secondary N) is 2. The Hall–Kier alpha value is -2.53. The Bertz CT molecular complexity index is 664. The van der Waals surface area contributed by atoms with Gasteiger partial charge in [-0.1, -0.05) is 30.3 Å². The number of amides is 2. The van der Waals surface area contributed by atoms with Crippen molar-refractivity contribution in [3.63, 3.8) is 0 Å². The number of urea groups is 1. The third-order valence-corrected chi connectivity index (χ3v) is 4.45. The van der Waals surface area contributed by atoms with Gasteiger partial charge < -0.3 is 15.5 Å². The number of carbonyl (C=O) groups is 1. The van der Waals surface area contributed by atoms with Crippen molar-refractivity contribution in [2.24, 2.45) is 0 Å². The van der Waals surface area contributed by atoms with Crippen LogP contribution in [0.5, 0.6) is 0 Å². The Morgan fingerprint density at radius 2 is 1.64 bits per heavy atom. The van der Waals surface area contributed by atoms with E-state index in [1.807, 2.05) is 19.1 Å². The van der Waals surface area contributed by atoms with Gasteiger partial charge in [-0.15, -0.1) is 0 Å². The monoisotopic (exact) mass is 338 g/mol. The first kappa shape index (κ1) is 17.3. The van der Waals surface area contributed by atoms with E-state index < -0.39 is 0 Å². The maximum atomic E-state index is 11.5. The molecule has 0 unspecified atom stereocenters. The zero-order valence-electron chi connectivity index (χ0n) is 14.7. The molecule has 5 heteroatoms. The van der Waals surface area contributed by atoms with Crippen molar-refractivity contribution in [1.82, 2.24) is 10.2 Å². The third kappa shape index (κ3) is 4.97. The van der Waals surface area contributed by atoms with Gasteiger partial charge in [0, 0.05) is 50.6 Å². The average molecular weight is 338 g/mol. The van der Waals surface area contributed by atoms with Crippen LogP contribution in [0.2, 0.25) is 0 Å². The fourth-order valence-electron chi connectivity index (χ4n) is 3.09. The molecule has 0 saturated carbocycles. The first-order valence-corrected chi connectivity index (χ1v) is 8.91. The topological polar surface area (TPSA) is 47.6 Å². The second kappa shape index (κ2) is 8.53. The molecular formula is C20H26N4O. The smallest absolute Gasteiger partial charge is 0.319 e. The minimum absolute atomic E-state index is 0.160. The van der Waals surface area contributed by atoms with E-state index in [4.69, 9.17) is 0 Å². The van der Waals surface area contributed by atoms with E-state index in [0.717, 1.165) is 38.4 Å². The van der Waals surface area contributed by atoms with E-state index in [-0.39, 0.29) is 6.03 Å². The lowest BCUT2D eigenvalue weighted by Crippen LogP contribution is -2.45. The summed E-state index contributed by atoms with van der Waals surface area (Å²) in [5.74, 6) is 0. The van der Waals surface area contributed by atoms with Crippen LogP contribution in [0.25, 0.3) is 0 Å². The molecule has 132 valence electrons. The first-order chi connectivity index (χ1) is 12.2. The molecule has 0 bridgehead atoms. The van der Waals surface area contributed by atoms with Gasteiger partial charge >= 0.3 is 6.03 Å². The quantitative estimate of drug-likeness (QED) is 0.880. The molecule has 5 nitrogen and oxygen atoms in total. The van der Waals surface area contributed by atoms with Crippen molar-refractivity contribution in [1.29, 1.82) is 0 Å². The van der Waals surface area contributed by atoms with Crippen LogP contribution in [0.3, 0.4) is 0 Å². The van der Waals surface area contributed by atoms with Gasteiger partial charge in [0.15, 0.2) is 0 Å². The van der Waals surface area contributed by atoms with E-state index in [1.165, 1.54) is 11.3 Å². The van der Waals surface area contributed by atoms with Crippen molar-refractivity contribution >= 4 is 17.4 Å². The summed E-state index contributed by atoms with van der Waals surface area (Å²) in [6.07, 6.45) is 0. The van der Waals surface area contributed by atoms with Gasteiger partial charge in [0.05, 0.1) is 0 Å². The number of benzene rings is 2. The Balaban J connectivity index is 1.48. The summed E-state index contributed by atoms with van der Waals surface area (Å²) in [7, 11) is 0. The van der Waals surface area contributed by atoms with Crippen LogP contribution in [0, 0.1) is 0 Å². The SMILES string of the molecule is CCNC(=O)Nc1ccc(CN2CCN(c3ccccc3)CC2)cc1. The minimum atomic E-state index is -0.160. The maximum absolute atomic E-state index is 11.5. The molecule has 1 aliphatic rings. The fourth-order valence-corrected chi connectivity index (χ4v) is 3.09. The van der Waals surface area contributed by atoms with E-state index in [9.17, 15) is 4.79 Å². The number of hydrogen-bond acceptors (Lipinski definition) is 3. The Kier molecular flexibility index (Phi) is 5.90. The van der Waals surface area contributed by atoms with E-state index in [2.05, 4.69) is 62.9 Å². The molecule has 0 aliphatic carbocycles. The average Bonchev–Trinajstić information content (AvgIpc) is 2.65. The Morgan fingerprint density at radius 1 is 0.960 bits per heavy atom. The predicted molar refractivity (Wildman–Crippen MR) is 103 cm³/mol.